The van der Waals surface area contributed by atoms with Crippen molar-refractivity contribution in [3.05, 3.63) is 30.1 Å². The van der Waals surface area contributed by atoms with Gasteiger partial charge in [-0.25, -0.2) is 4.39 Å². The molecule has 0 saturated carbocycles. The molecule has 5 heteroatoms. The van der Waals surface area contributed by atoms with Crippen molar-refractivity contribution in [2.45, 2.75) is 25.9 Å². The molecule has 0 aliphatic carbocycles. The number of methoxy groups -OCH3 is 1. The summed E-state index contributed by atoms with van der Waals surface area (Å²) in [5.41, 5.74) is 0.764. The van der Waals surface area contributed by atoms with Gasteiger partial charge in [-0.05, 0) is 31.5 Å². The monoisotopic (exact) mass is 280 g/mol. The Morgan fingerprint density at radius 3 is 3.00 bits per heavy atom. The van der Waals surface area contributed by atoms with Gasteiger partial charge in [-0.1, -0.05) is 13.5 Å². The van der Waals surface area contributed by atoms with Gasteiger partial charge < -0.3 is 15.2 Å². The van der Waals surface area contributed by atoms with Crippen LogP contribution in [0.5, 0.6) is 11.5 Å². The zero-order valence-electron chi connectivity index (χ0n) is 11.9. The lowest BCUT2D eigenvalue weighted by Gasteiger charge is -2.26. The number of nitrogens with one attached hydrogen (secondary N) is 1. The molecule has 0 bridgehead atoms. The van der Waals surface area contributed by atoms with Crippen molar-refractivity contribution >= 4 is 5.70 Å². The minimum absolute atomic E-state index is 0.0172. The number of benzene rings is 1. The predicted octanol–water partition coefficient (Wildman–Crippen LogP) is 2.54. The fraction of sp³-hybridized carbons (Fsp3) is 0.467. The number of halogens is 1. The number of ether oxygens (including phenoxy) is 1. The molecule has 1 unspecified atom stereocenters. The highest BCUT2D eigenvalue weighted by molar-refractivity contribution is 5.73. The highest BCUT2D eigenvalue weighted by Gasteiger charge is 2.25. The van der Waals surface area contributed by atoms with Gasteiger partial charge in [0.05, 0.1) is 18.8 Å². The Morgan fingerprint density at radius 1 is 1.60 bits per heavy atom. The maximum absolute atomic E-state index is 13.7. The van der Waals surface area contributed by atoms with E-state index in [0.29, 0.717) is 5.70 Å². The van der Waals surface area contributed by atoms with E-state index in [1.807, 2.05) is 0 Å². The van der Waals surface area contributed by atoms with Crippen molar-refractivity contribution in [3.63, 3.8) is 0 Å². The van der Waals surface area contributed by atoms with Crippen LogP contribution in [0.1, 0.15) is 25.3 Å². The van der Waals surface area contributed by atoms with Crippen molar-refractivity contribution in [2.24, 2.45) is 0 Å². The summed E-state index contributed by atoms with van der Waals surface area (Å²) in [5.74, 6) is -0.535. The first-order valence-electron chi connectivity index (χ1n) is 6.83. The zero-order chi connectivity index (χ0) is 14.7. The Kier molecular flexibility index (Phi) is 4.49. The Hall–Kier alpha value is -1.75. The van der Waals surface area contributed by atoms with E-state index >= 15 is 0 Å². The SMILES string of the molecule is C=C(NC1CCCN1CC)c1c(O)ccc(F)c1OC. The van der Waals surface area contributed by atoms with Crippen LogP contribution in [-0.2, 0) is 0 Å². The van der Waals surface area contributed by atoms with Gasteiger partial charge in [0, 0.05) is 12.2 Å². The second-order valence-corrected chi connectivity index (χ2v) is 4.88. The van der Waals surface area contributed by atoms with Crippen molar-refractivity contribution in [2.75, 3.05) is 20.2 Å². The lowest BCUT2D eigenvalue weighted by molar-refractivity contribution is 0.249. The predicted molar refractivity (Wildman–Crippen MR) is 77.1 cm³/mol. The Labute approximate surface area is 118 Å². The third-order valence-electron chi connectivity index (χ3n) is 3.70. The van der Waals surface area contributed by atoms with Crippen molar-refractivity contribution in [1.29, 1.82) is 0 Å². The molecule has 2 N–H and O–H groups in total. The van der Waals surface area contributed by atoms with Crippen LogP contribution < -0.4 is 10.1 Å². The minimum atomic E-state index is -0.512. The molecule has 1 aliphatic rings. The maximum Gasteiger partial charge on any atom is 0.167 e. The lowest BCUT2D eigenvalue weighted by atomic mass is 10.1. The van der Waals surface area contributed by atoms with E-state index in [4.69, 9.17) is 4.74 Å². The second kappa shape index (κ2) is 6.13. The first-order valence-corrected chi connectivity index (χ1v) is 6.83. The summed E-state index contributed by atoms with van der Waals surface area (Å²) in [7, 11) is 1.38. The van der Waals surface area contributed by atoms with Gasteiger partial charge in [-0.15, -0.1) is 0 Å². The summed E-state index contributed by atoms with van der Waals surface area (Å²) in [4.78, 5) is 2.29. The minimum Gasteiger partial charge on any atom is -0.507 e. The molecule has 1 saturated heterocycles. The van der Waals surface area contributed by atoms with Gasteiger partial charge in [-0.3, -0.25) is 4.90 Å². The topological polar surface area (TPSA) is 44.7 Å². The Morgan fingerprint density at radius 2 is 2.35 bits per heavy atom. The molecule has 0 spiro atoms. The van der Waals surface area contributed by atoms with Crippen LogP contribution in [-0.4, -0.2) is 36.4 Å². The van der Waals surface area contributed by atoms with Crippen molar-refractivity contribution in [3.8, 4) is 11.5 Å². The van der Waals surface area contributed by atoms with E-state index in [1.54, 1.807) is 0 Å². The molecule has 1 aliphatic heterocycles. The Bertz CT molecular complexity index is 505. The van der Waals surface area contributed by atoms with Crippen LogP contribution in [0, 0.1) is 5.82 Å². The highest BCUT2D eigenvalue weighted by atomic mass is 19.1. The van der Waals surface area contributed by atoms with E-state index in [0.717, 1.165) is 25.9 Å². The van der Waals surface area contributed by atoms with Crippen LogP contribution in [0.15, 0.2) is 18.7 Å². The summed E-state index contributed by atoms with van der Waals surface area (Å²) >= 11 is 0. The molecule has 1 fully saturated rings. The van der Waals surface area contributed by atoms with Gasteiger partial charge in [0.25, 0.3) is 0 Å². The number of likely N-dealkylation sites (tertiary alicyclic amines) is 1. The molecule has 4 nitrogen and oxygen atoms in total. The third kappa shape index (κ3) is 2.72. The van der Waals surface area contributed by atoms with Gasteiger partial charge in [0.1, 0.15) is 5.75 Å². The average molecular weight is 280 g/mol. The summed E-state index contributed by atoms with van der Waals surface area (Å²) in [6.07, 6.45) is 2.29. The highest BCUT2D eigenvalue weighted by Crippen LogP contribution is 2.35. The first kappa shape index (κ1) is 14.7. The molecule has 20 heavy (non-hydrogen) atoms. The Balaban J connectivity index is 2.23. The quantitative estimate of drug-likeness (QED) is 0.870. The van der Waals surface area contributed by atoms with Crippen LogP contribution in [0.2, 0.25) is 0 Å². The van der Waals surface area contributed by atoms with Crippen LogP contribution in [0.3, 0.4) is 0 Å². The normalized spacial score (nSPS) is 19.1. The fourth-order valence-corrected chi connectivity index (χ4v) is 2.68. The second-order valence-electron chi connectivity index (χ2n) is 4.88. The van der Waals surface area contributed by atoms with Crippen molar-refractivity contribution < 1.29 is 14.2 Å². The molecular formula is C15H21FN2O2. The van der Waals surface area contributed by atoms with Crippen molar-refractivity contribution in [1.82, 2.24) is 10.2 Å². The van der Waals surface area contributed by atoms with Crippen LogP contribution >= 0.6 is 0 Å². The molecule has 0 aromatic heterocycles. The van der Waals surface area contributed by atoms with E-state index in [1.165, 1.54) is 19.2 Å². The number of hydrogen-bond acceptors (Lipinski definition) is 4. The molecule has 1 atom stereocenters. The van der Waals surface area contributed by atoms with Crippen LogP contribution in [0.25, 0.3) is 5.70 Å². The summed E-state index contributed by atoms with van der Waals surface area (Å²) < 4.78 is 18.8. The number of aromatic hydroxyl groups is 1. The molecule has 1 aromatic carbocycles. The van der Waals surface area contributed by atoms with E-state index in [2.05, 4.69) is 23.7 Å². The number of phenolic OH excluding ortho intramolecular Hbond substituents is 1. The fourth-order valence-electron chi connectivity index (χ4n) is 2.68. The molecule has 0 radical (unpaired) electrons. The first-order chi connectivity index (χ1) is 9.58. The lowest BCUT2D eigenvalue weighted by Crippen LogP contribution is -2.39. The summed E-state index contributed by atoms with van der Waals surface area (Å²) in [6.45, 7) is 8.00. The average Bonchev–Trinajstić information content (AvgIpc) is 2.87. The summed E-state index contributed by atoms with van der Waals surface area (Å²) in [6, 6.07) is 2.49. The number of rotatable bonds is 5. The third-order valence-corrected chi connectivity index (χ3v) is 3.70. The molecule has 2 rings (SSSR count). The molecule has 110 valence electrons. The molecule has 1 aromatic rings. The number of nitrogens with zero attached hydrogens (tertiary/aromatic N) is 1. The van der Waals surface area contributed by atoms with E-state index < -0.39 is 5.82 Å². The molecular weight excluding hydrogens is 259 g/mol. The van der Waals surface area contributed by atoms with Gasteiger partial charge in [0.2, 0.25) is 0 Å². The zero-order valence-corrected chi connectivity index (χ0v) is 11.9. The van der Waals surface area contributed by atoms with E-state index in [-0.39, 0.29) is 23.2 Å². The number of phenols is 1. The van der Waals surface area contributed by atoms with Gasteiger partial charge >= 0.3 is 0 Å². The van der Waals surface area contributed by atoms with E-state index in [9.17, 15) is 9.50 Å². The maximum atomic E-state index is 13.7. The summed E-state index contributed by atoms with van der Waals surface area (Å²) in [5, 5.41) is 13.2. The number of hydrogen-bond donors (Lipinski definition) is 2. The van der Waals surface area contributed by atoms with Crippen LogP contribution in [0.4, 0.5) is 4.39 Å². The van der Waals surface area contributed by atoms with Gasteiger partial charge in [-0.2, -0.15) is 0 Å². The largest absolute Gasteiger partial charge is 0.507 e. The smallest absolute Gasteiger partial charge is 0.167 e. The van der Waals surface area contributed by atoms with Gasteiger partial charge in [0.15, 0.2) is 11.6 Å². The molecule has 0 amide bonds. The molecule has 1 heterocycles. The standard InChI is InChI=1S/C15H21FN2O2/c1-4-18-9-5-6-13(18)17-10(2)14-12(19)8-7-11(16)15(14)20-3/h7-8,13,17,19H,2,4-6,9H2,1,3H3.